The Morgan fingerprint density at radius 1 is 1.04 bits per heavy atom. The van der Waals surface area contributed by atoms with Crippen LogP contribution in [0.1, 0.15) is 29.9 Å². The third kappa shape index (κ3) is 3.68. The average Bonchev–Trinajstić information content (AvgIpc) is 3.25. The summed E-state index contributed by atoms with van der Waals surface area (Å²) in [6.07, 6.45) is 4.45. The summed E-state index contributed by atoms with van der Waals surface area (Å²) in [6.45, 7) is 4.39. The molecule has 0 amide bonds. The number of hydrogen-bond acceptors (Lipinski definition) is 4. The number of piperidine rings is 1. The molecular weight excluding hydrogens is 344 g/mol. The summed E-state index contributed by atoms with van der Waals surface area (Å²) >= 11 is 0. The lowest BCUT2D eigenvalue weighted by Crippen LogP contribution is -2.46. The van der Waals surface area contributed by atoms with Crippen LogP contribution >= 0.6 is 0 Å². The molecule has 1 aromatic heterocycles. The van der Waals surface area contributed by atoms with Gasteiger partial charge in [0.25, 0.3) is 0 Å². The second kappa shape index (κ2) is 8.00. The van der Waals surface area contributed by atoms with Crippen molar-refractivity contribution >= 4 is 10.9 Å². The van der Waals surface area contributed by atoms with Crippen molar-refractivity contribution in [3.8, 4) is 0 Å². The maximum Gasteiger partial charge on any atom is 0.0702 e. The summed E-state index contributed by atoms with van der Waals surface area (Å²) < 4.78 is 0. The minimum Gasteiger partial charge on any atom is -0.299 e. The van der Waals surface area contributed by atoms with E-state index in [0.717, 1.165) is 25.2 Å². The Morgan fingerprint density at radius 2 is 1.96 bits per heavy atom. The number of pyridine rings is 1. The fourth-order valence-corrected chi connectivity index (χ4v) is 5.00. The summed E-state index contributed by atoms with van der Waals surface area (Å²) in [4.78, 5) is 7.07. The Bertz CT molecular complexity index is 926. The van der Waals surface area contributed by atoms with E-state index in [2.05, 4.69) is 75.3 Å². The zero-order valence-corrected chi connectivity index (χ0v) is 16.2. The molecule has 2 fully saturated rings. The van der Waals surface area contributed by atoms with Crippen LogP contribution in [0.15, 0.2) is 66.9 Å². The minimum atomic E-state index is 0.506. The third-order valence-corrected chi connectivity index (χ3v) is 6.38. The van der Waals surface area contributed by atoms with Crippen LogP contribution in [-0.4, -0.2) is 35.6 Å². The van der Waals surface area contributed by atoms with Gasteiger partial charge in [0.15, 0.2) is 0 Å². The number of hydrogen-bond donors (Lipinski definition) is 2. The van der Waals surface area contributed by atoms with Crippen molar-refractivity contribution in [1.29, 1.82) is 0 Å². The second-order valence-electron chi connectivity index (χ2n) is 8.24. The van der Waals surface area contributed by atoms with Gasteiger partial charge in [-0.15, -0.1) is 0 Å². The molecule has 28 heavy (non-hydrogen) atoms. The lowest BCUT2D eigenvalue weighted by molar-refractivity contribution is 0.139. The Morgan fingerprint density at radius 3 is 2.89 bits per heavy atom. The van der Waals surface area contributed by atoms with E-state index in [9.17, 15) is 0 Å². The predicted molar refractivity (Wildman–Crippen MR) is 114 cm³/mol. The van der Waals surface area contributed by atoms with Gasteiger partial charge in [-0.2, -0.15) is 0 Å². The molecule has 144 valence electrons. The van der Waals surface area contributed by atoms with Gasteiger partial charge in [0, 0.05) is 43.2 Å². The van der Waals surface area contributed by atoms with Crippen LogP contribution in [0.3, 0.4) is 0 Å². The highest BCUT2D eigenvalue weighted by atomic mass is 15.4. The summed E-state index contributed by atoms with van der Waals surface area (Å²) in [5, 5.41) is 1.24. The number of hydrazine groups is 1. The fourth-order valence-electron chi connectivity index (χ4n) is 5.00. The Balaban J connectivity index is 1.29. The van der Waals surface area contributed by atoms with Crippen molar-refractivity contribution in [3.05, 3.63) is 78.0 Å². The van der Waals surface area contributed by atoms with E-state index in [1.165, 1.54) is 35.9 Å². The van der Waals surface area contributed by atoms with Gasteiger partial charge in [-0.25, -0.2) is 0 Å². The SMILES string of the molecule is c1ccc(C2CNNC2C2CCCN(Cc3ccc4ncccc4c3)C2)cc1. The minimum absolute atomic E-state index is 0.506. The van der Waals surface area contributed by atoms with Crippen molar-refractivity contribution in [2.45, 2.75) is 31.3 Å². The van der Waals surface area contributed by atoms with E-state index < -0.39 is 0 Å². The smallest absolute Gasteiger partial charge is 0.0702 e. The van der Waals surface area contributed by atoms with E-state index in [-0.39, 0.29) is 0 Å². The van der Waals surface area contributed by atoms with Gasteiger partial charge in [-0.3, -0.25) is 20.7 Å². The van der Waals surface area contributed by atoms with Crippen LogP contribution in [0, 0.1) is 5.92 Å². The van der Waals surface area contributed by atoms with Gasteiger partial charge >= 0.3 is 0 Å². The van der Waals surface area contributed by atoms with Crippen LogP contribution in [0.4, 0.5) is 0 Å². The Labute approximate surface area is 166 Å². The first-order valence-electron chi connectivity index (χ1n) is 10.5. The topological polar surface area (TPSA) is 40.2 Å². The Hall–Kier alpha value is -2.27. The standard InChI is InChI=1S/C24H28N4/c1-2-6-19(7-3-1)22-15-26-27-24(22)21-9-5-13-28(17-21)16-18-10-11-23-20(14-18)8-4-12-25-23/h1-4,6-8,10-12,14,21-22,24,26-27H,5,9,13,15-17H2. The van der Waals surface area contributed by atoms with Crippen molar-refractivity contribution in [2.75, 3.05) is 19.6 Å². The lowest BCUT2D eigenvalue weighted by atomic mass is 9.81. The Kier molecular flexibility index (Phi) is 5.08. The zero-order valence-electron chi connectivity index (χ0n) is 16.2. The first-order chi connectivity index (χ1) is 13.9. The number of nitrogens with zero attached hydrogens (tertiary/aromatic N) is 2. The lowest BCUT2D eigenvalue weighted by Gasteiger charge is -2.37. The first kappa shape index (κ1) is 17.8. The zero-order chi connectivity index (χ0) is 18.8. The summed E-state index contributed by atoms with van der Waals surface area (Å²) in [6, 6.07) is 22.3. The highest BCUT2D eigenvalue weighted by molar-refractivity contribution is 5.78. The molecule has 0 radical (unpaired) electrons. The average molecular weight is 373 g/mol. The van der Waals surface area contributed by atoms with Gasteiger partial charge in [0.05, 0.1) is 5.52 Å². The fraction of sp³-hybridized carbons (Fsp3) is 0.375. The monoisotopic (exact) mass is 372 g/mol. The van der Waals surface area contributed by atoms with Crippen LogP contribution in [0.2, 0.25) is 0 Å². The molecule has 2 aliphatic rings. The molecular formula is C24H28N4. The molecule has 2 aliphatic heterocycles. The van der Waals surface area contributed by atoms with Crippen molar-refractivity contribution in [2.24, 2.45) is 5.92 Å². The van der Waals surface area contributed by atoms with Gasteiger partial charge < -0.3 is 0 Å². The molecule has 3 aromatic rings. The molecule has 3 atom stereocenters. The van der Waals surface area contributed by atoms with Crippen LogP contribution in [-0.2, 0) is 6.54 Å². The number of benzene rings is 2. The number of fused-ring (bicyclic) bond motifs is 1. The molecule has 0 saturated carbocycles. The summed E-state index contributed by atoms with van der Waals surface area (Å²) in [5.41, 5.74) is 10.9. The van der Waals surface area contributed by atoms with Gasteiger partial charge in [0.2, 0.25) is 0 Å². The molecule has 0 bridgehead atoms. The second-order valence-corrected chi connectivity index (χ2v) is 8.24. The van der Waals surface area contributed by atoms with Crippen molar-refractivity contribution < 1.29 is 0 Å². The molecule has 4 heteroatoms. The molecule has 0 spiro atoms. The molecule has 3 heterocycles. The molecule has 0 aliphatic carbocycles. The maximum atomic E-state index is 4.44. The molecule has 2 aromatic carbocycles. The summed E-state index contributed by atoms with van der Waals surface area (Å²) in [7, 11) is 0. The van der Waals surface area contributed by atoms with Gasteiger partial charge in [0.1, 0.15) is 0 Å². The number of nitrogens with one attached hydrogen (secondary N) is 2. The number of likely N-dealkylation sites (tertiary alicyclic amines) is 1. The normalized spacial score (nSPS) is 25.9. The maximum absolute atomic E-state index is 4.44. The molecule has 5 rings (SSSR count). The molecule has 2 saturated heterocycles. The highest BCUT2D eigenvalue weighted by Gasteiger charge is 2.36. The van der Waals surface area contributed by atoms with Crippen molar-refractivity contribution in [1.82, 2.24) is 20.7 Å². The van der Waals surface area contributed by atoms with Crippen molar-refractivity contribution in [3.63, 3.8) is 0 Å². The van der Waals surface area contributed by atoms with Crippen LogP contribution in [0.25, 0.3) is 10.9 Å². The molecule has 2 N–H and O–H groups in total. The van der Waals surface area contributed by atoms with Gasteiger partial charge in [-0.05, 0) is 54.6 Å². The first-order valence-corrected chi connectivity index (χ1v) is 10.5. The van der Waals surface area contributed by atoms with E-state index in [0.29, 0.717) is 17.9 Å². The van der Waals surface area contributed by atoms with Crippen LogP contribution in [0.5, 0.6) is 0 Å². The predicted octanol–water partition coefficient (Wildman–Crippen LogP) is 3.71. The quantitative estimate of drug-likeness (QED) is 0.733. The highest BCUT2D eigenvalue weighted by Crippen LogP contribution is 2.32. The van der Waals surface area contributed by atoms with E-state index in [1.54, 1.807) is 0 Å². The largest absolute Gasteiger partial charge is 0.299 e. The van der Waals surface area contributed by atoms with E-state index in [1.807, 2.05) is 12.3 Å². The molecule has 3 unspecified atom stereocenters. The number of rotatable bonds is 4. The van der Waals surface area contributed by atoms with Crippen LogP contribution < -0.4 is 10.9 Å². The van der Waals surface area contributed by atoms with E-state index in [4.69, 9.17) is 0 Å². The summed E-state index contributed by atoms with van der Waals surface area (Å²) in [5.74, 6) is 1.23. The van der Waals surface area contributed by atoms with Gasteiger partial charge in [-0.1, -0.05) is 42.5 Å². The van der Waals surface area contributed by atoms with E-state index >= 15 is 0 Å². The molecule has 4 nitrogen and oxygen atoms in total. The third-order valence-electron chi connectivity index (χ3n) is 6.38. The number of aromatic nitrogens is 1.